The molecule has 0 aliphatic carbocycles. The van der Waals surface area contributed by atoms with Gasteiger partial charge in [-0.05, 0) is 45.0 Å². The molecule has 8 nitrogen and oxygen atoms in total. The Kier molecular flexibility index (Phi) is 6.51. The third-order valence-corrected chi connectivity index (χ3v) is 5.02. The number of nitrogens with zero attached hydrogens (tertiary/aromatic N) is 3. The van der Waals surface area contributed by atoms with E-state index in [4.69, 9.17) is 4.74 Å². The number of hydrogen-bond acceptors (Lipinski definition) is 7. The zero-order valence-electron chi connectivity index (χ0n) is 15.3. The predicted molar refractivity (Wildman–Crippen MR) is 102 cm³/mol. The van der Waals surface area contributed by atoms with Crippen molar-refractivity contribution in [3.8, 4) is 0 Å². The summed E-state index contributed by atoms with van der Waals surface area (Å²) in [6, 6.07) is 6.75. The molecule has 1 atom stereocenters. The van der Waals surface area contributed by atoms with Gasteiger partial charge in [-0.25, -0.2) is 14.0 Å². The van der Waals surface area contributed by atoms with Gasteiger partial charge in [0.1, 0.15) is 5.82 Å². The number of benzene rings is 1. The van der Waals surface area contributed by atoms with Gasteiger partial charge in [0.05, 0.1) is 16.3 Å². The maximum absolute atomic E-state index is 12.6. The minimum absolute atomic E-state index is 0.187. The topological polar surface area (TPSA) is 106 Å². The number of aromatic nitrogens is 2. The summed E-state index contributed by atoms with van der Waals surface area (Å²) in [7, 11) is -2.86. The first-order chi connectivity index (χ1) is 12.4. The first-order valence-electron chi connectivity index (χ1n) is 8.19. The summed E-state index contributed by atoms with van der Waals surface area (Å²) in [5.41, 5.74) is 1.69. The Balaban J connectivity index is 2.19. The summed E-state index contributed by atoms with van der Waals surface area (Å²) < 4.78 is 20.9. The summed E-state index contributed by atoms with van der Waals surface area (Å²) in [4.78, 5) is 20.6. The van der Waals surface area contributed by atoms with Crippen molar-refractivity contribution < 1.29 is 13.7 Å². The molecule has 0 aliphatic rings. The second-order valence-corrected chi connectivity index (χ2v) is 7.76. The van der Waals surface area contributed by atoms with Crippen molar-refractivity contribution >= 4 is 33.3 Å². The van der Waals surface area contributed by atoms with Crippen LogP contribution < -0.4 is 10.6 Å². The monoisotopic (exact) mass is 377 g/mol. The average Bonchev–Trinajstić information content (AvgIpc) is 2.58. The van der Waals surface area contributed by atoms with Gasteiger partial charge in [0.15, 0.2) is 0 Å². The van der Waals surface area contributed by atoms with Crippen LogP contribution in [0.25, 0.3) is 0 Å². The van der Waals surface area contributed by atoms with Gasteiger partial charge in [0.25, 0.3) is 0 Å². The molecule has 2 rings (SSSR count). The van der Waals surface area contributed by atoms with E-state index in [9.17, 15) is 9.00 Å². The molecule has 0 aliphatic heterocycles. The summed E-state index contributed by atoms with van der Waals surface area (Å²) in [5.74, 6) is 1.22. The van der Waals surface area contributed by atoms with Crippen molar-refractivity contribution in [2.45, 2.75) is 25.7 Å². The smallest absolute Gasteiger partial charge is 0.442 e. The van der Waals surface area contributed by atoms with Crippen molar-refractivity contribution in [1.29, 1.82) is 0 Å². The number of ether oxygens (including phenoxy) is 1. The number of aryl methyl sites for hydroxylation is 1. The zero-order chi connectivity index (χ0) is 19.2. The van der Waals surface area contributed by atoms with Gasteiger partial charge in [-0.1, -0.05) is 0 Å². The quantitative estimate of drug-likeness (QED) is 0.792. The van der Waals surface area contributed by atoms with E-state index in [1.165, 1.54) is 6.26 Å². The molecular formula is C17H23N5O3S. The molecule has 2 N–H and O–H groups in total. The van der Waals surface area contributed by atoms with E-state index in [1.54, 1.807) is 37.4 Å². The average molecular weight is 377 g/mol. The van der Waals surface area contributed by atoms with Crippen LogP contribution in [0.1, 0.15) is 19.4 Å². The Labute approximate surface area is 153 Å². The van der Waals surface area contributed by atoms with Crippen LogP contribution in [0.4, 0.5) is 22.2 Å². The lowest BCUT2D eigenvalue weighted by Gasteiger charge is -2.10. The van der Waals surface area contributed by atoms with Gasteiger partial charge in [-0.2, -0.15) is 4.98 Å². The number of carbonyl (C=O) groups is 1. The molecule has 0 radical (unpaired) electrons. The highest BCUT2D eigenvalue weighted by Gasteiger charge is 2.10. The SMILES string of the molecule is CCNc1nc(Nc2ccc(S(C)(=O)=NC(=O)OCC)cc2)ncc1C. The molecule has 1 aromatic heterocycles. The van der Waals surface area contributed by atoms with E-state index in [0.29, 0.717) is 10.8 Å². The number of rotatable bonds is 6. The standard InChI is InChI=1S/C17H23N5O3S/c1-5-18-15-12(3)11-19-16(21-15)20-13-7-9-14(10-8-13)26(4,24)22-17(23)25-6-2/h7-11H,5-6H2,1-4H3,(H2,18,19,20,21). The van der Waals surface area contributed by atoms with Gasteiger partial charge in [0, 0.05) is 35.1 Å². The Bertz CT molecular complexity index is 890. The number of nitrogens with one attached hydrogen (secondary N) is 2. The van der Waals surface area contributed by atoms with E-state index in [0.717, 1.165) is 23.6 Å². The first-order valence-corrected chi connectivity index (χ1v) is 10.1. The summed E-state index contributed by atoms with van der Waals surface area (Å²) >= 11 is 0. The molecule has 1 heterocycles. The number of amides is 1. The molecule has 0 bridgehead atoms. The van der Waals surface area contributed by atoms with E-state index in [-0.39, 0.29) is 6.61 Å². The Morgan fingerprint density at radius 1 is 1.27 bits per heavy atom. The molecule has 1 amide bonds. The van der Waals surface area contributed by atoms with Crippen molar-refractivity contribution in [3.05, 3.63) is 36.0 Å². The Morgan fingerprint density at radius 3 is 2.58 bits per heavy atom. The first kappa shape index (κ1) is 19.6. The number of hydrogen-bond donors (Lipinski definition) is 2. The Morgan fingerprint density at radius 2 is 1.96 bits per heavy atom. The van der Waals surface area contributed by atoms with Crippen LogP contribution in [0.3, 0.4) is 0 Å². The molecule has 140 valence electrons. The van der Waals surface area contributed by atoms with Crippen molar-refractivity contribution in [2.75, 3.05) is 30.0 Å². The zero-order valence-corrected chi connectivity index (χ0v) is 16.1. The van der Waals surface area contributed by atoms with Crippen molar-refractivity contribution in [2.24, 2.45) is 4.36 Å². The third-order valence-electron chi connectivity index (χ3n) is 3.38. The molecule has 2 aromatic rings. The van der Waals surface area contributed by atoms with Crippen LogP contribution in [0, 0.1) is 6.92 Å². The third kappa shape index (κ3) is 5.16. The Hall–Kier alpha value is -2.68. The molecule has 26 heavy (non-hydrogen) atoms. The van der Waals surface area contributed by atoms with E-state index < -0.39 is 15.8 Å². The van der Waals surface area contributed by atoms with Crippen LogP contribution in [-0.2, 0) is 14.5 Å². The fourth-order valence-corrected chi connectivity index (χ4v) is 3.20. The van der Waals surface area contributed by atoms with Gasteiger partial charge < -0.3 is 15.4 Å². The van der Waals surface area contributed by atoms with E-state index >= 15 is 0 Å². The molecular weight excluding hydrogens is 354 g/mol. The number of carbonyl (C=O) groups excluding carboxylic acids is 1. The highest BCUT2D eigenvalue weighted by atomic mass is 32.2. The van der Waals surface area contributed by atoms with Crippen LogP contribution in [-0.4, -0.2) is 39.7 Å². The fourth-order valence-electron chi connectivity index (χ4n) is 2.11. The van der Waals surface area contributed by atoms with Crippen LogP contribution in [0.15, 0.2) is 39.7 Å². The van der Waals surface area contributed by atoms with Crippen molar-refractivity contribution in [1.82, 2.24) is 9.97 Å². The molecule has 1 aromatic carbocycles. The van der Waals surface area contributed by atoms with Gasteiger partial charge in [0.2, 0.25) is 5.95 Å². The van der Waals surface area contributed by atoms with Gasteiger partial charge in [-0.3, -0.25) is 0 Å². The maximum atomic E-state index is 12.6. The largest absolute Gasteiger partial charge is 0.448 e. The highest BCUT2D eigenvalue weighted by Crippen LogP contribution is 2.20. The lowest BCUT2D eigenvalue weighted by molar-refractivity contribution is 0.164. The minimum Gasteiger partial charge on any atom is -0.448 e. The predicted octanol–water partition coefficient (Wildman–Crippen LogP) is 3.57. The molecule has 9 heteroatoms. The second kappa shape index (κ2) is 8.61. The summed E-state index contributed by atoms with van der Waals surface area (Å²) in [5, 5.41) is 6.27. The maximum Gasteiger partial charge on any atom is 0.442 e. The highest BCUT2D eigenvalue weighted by molar-refractivity contribution is 7.93. The van der Waals surface area contributed by atoms with Gasteiger partial charge in [-0.15, -0.1) is 4.36 Å². The lowest BCUT2D eigenvalue weighted by Crippen LogP contribution is -2.06. The molecule has 0 saturated carbocycles. The van der Waals surface area contributed by atoms with Crippen LogP contribution >= 0.6 is 0 Å². The lowest BCUT2D eigenvalue weighted by atomic mass is 10.3. The van der Waals surface area contributed by atoms with Crippen LogP contribution in [0.2, 0.25) is 0 Å². The molecule has 0 spiro atoms. The van der Waals surface area contributed by atoms with E-state index in [2.05, 4.69) is 25.0 Å². The number of anilines is 3. The fraction of sp³-hybridized carbons (Fsp3) is 0.353. The van der Waals surface area contributed by atoms with Gasteiger partial charge >= 0.3 is 6.09 Å². The summed E-state index contributed by atoms with van der Waals surface area (Å²) in [6.07, 6.45) is 2.31. The molecule has 1 unspecified atom stereocenters. The summed E-state index contributed by atoms with van der Waals surface area (Å²) in [6.45, 7) is 6.55. The molecule has 0 fully saturated rings. The van der Waals surface area contributed by atoms with E-state index in [1.807, 2.05) is 13.8 Å². The van der Waals surface area contributed by atoms with Crippen molar-refractivity contribution in [3.63, 3.8) is 0 Å². The normalized spacial score (nSPS) is 12.8. The molecule has 0 saturated heterocycles. The minimum atomic E-state index is -2.86. The van der Waals surface area contributed by atoms with Crippen LogP contribution in [0.5, 0.6) is 0 Å². The second-order valence-electron chi connectivity index (χ2n) is 5.50.